The summed E-state index contributed by atoms with van der Waals surface area (Å²) in [6.07, 6.45) is 0. The highest BCUT2D eigenvalue weighted by Gasteiger charge is 1.97. The zero-order chi connectivity index (χ0) is 22.8. The molecule has 10 heteroatoms. The second kappa shape index (κ2) is 12.0. The van der Waals surface area contributed by atoms with Gasteiger partial charge in [0.2, 0.25) is 17.7 Å². The van der Waals surface area contributed by atoms with Crippen LogP contribution in [0.2, 0.25) is 0 Å². The molecule has 0 saturated carbocycles. The highest BCUT2D eigenvalue weighted by Crippen LogP contribution is 2.14. The van der Waals surface area contributed by atoms with Crippen LogP contribution in [0.1, 0.15) is 56.4 Å². The van der Waals surface area contributed by atoms with Gasteiger partial charge in [0.1, 0.15) is 5.76 Å². The normalized spacial score (nSPS) is 9.67. The lowest BCUT2D eigenvalue weighted by molar-refractivity contribution is 0.389. The minimum atomic E-state index is 0.623. The summed E-state index contributed by atoms with van der Waals surface area (Å²) in [5.74, 6) is 4.23. The lowest BCUT2D eigenvalue weighted by Gasteiger charge is -1.77. The third kappa shape index (κ3) is 9.55. The van der Waals surface area contributed by atoms with Crippen LogP contribution in [0.5, 0.6) is 0 Å². The third-order valence-corrected chi connectivity index (χ3v) is 4.52. The molecular weight excluding hydrogens is 404 g/mol. The van der Waals surface area contributed by atoms with Crippen molar-refractivity contribution in [3.8, 4) is 0 Å². The summed E-state index contributed by atoms with van der Waals surface area (Å²) in [6, 6.07) is 0. The molecule has 9 nitrogen and oxygen atoms in total. The van der Waals surface area contributed by atoms with Crippen molar-refractivity contribution < 1.29 is 13.4 Å². The Kier molecular flexibility index (Phi) is 10.0. The molecule has 4 heterocycles. The van der Waals surface area contributed by atoms with Gasteiger partial charge in [0.25, 0.3) is 0 Å². The summed E-state index contributed by atoms with van der Waals surface area (Å²) >= 11 is 1.76. The van der Waals surface area contributed by atoms with Gasteiger partial charge in [0, 0.05) is 32.6 Å². The number of aromatic nitrogens is 6. The van der Waals surface area contributed by atoms with Crippen molar-refractivity contribution in [3.05, 3.63) is 56.4 Å². The van der Waals surface area contributed by atoms with E-state index >= 15 is 0 Å². The van der Waals surface area contributed by atoms with Crippen LogP contribution in [0, 0.1) is 69.2 Å². The van der Waals surface area contributed by atoms with E-state index < -0.39 is 0 Å². The van der Waals surface area contributed by atoms with Crippen molar-refractivity contribution in [2.75, 3.05) is 0 Å². The molecule has 0 atom stereocenters. The molecule has 0 aliphatic rings. The van der Waals surface area contributed by atoms with Crippen LogP contribution in [0.15, 0.2) is 13.4 Å². The Hall–Kier alpha value is -2.88. The van der Waals surface area contributed by atoms with Gasteiger partial charge in [-0.15, -0.1) is 21.5 Å². The maximum absolute atomic E-state index is 5.10. The highest BCUT2D eigenvalue weighted by atomic mass is 32.1. The zero-order valence-electron chi connectivity index (χ0n) is 19.3. The Bertz CT molecular complexity index is 877. The van der Waals surface area contributed by atoms with Crippen LogP contribution in [0.3, 0.4) is 0 Å². The van der Waals surface area contributed by atoms with Gasteiger partial charge in [-0.25, -0.2) is 9.97 Å². The van der Waals surface area contributed by atoms with Crippen LogP contribution in [0.25, 0.3) is 0 Å². The number of aryl methyl sites for hydroxylation is 10. The Morgan fingerprint density at radius 1 is 0.600 bits per heavy atom. The molecule has 0 bridgehead atoms. The average Bonchev–Trinajstić information content (AvgIpc) is 3.36. The van der Waals surface area contributed by atoms with E-state index in [4.69, 9.17) is 8.83 Å². The maximum atomic E-state index is 5.10. The van der Waals surface area contributed by atoms with Gasteiger partial charge < -0.3 is 13.4 Å². The highest BCUT2D eigenvalue weighted by molar-refractivity contribution is 7.11. The lowest BCUT2D eigenvalue weighted by atomic mass is 10.4. The number of oxazole rings is 1. The molecule has 0 radical (unpaired) electrons. The first-order valence-corrected chi connectivity index (χ1v) is 10.1. The van der Waals surface area contributed by atoms with Crippen molar-refractivity contribution in [3.63, 3.8) is 0 Å². The van der Waals surface area contributed by atoms with E-state index in [1.807, 2.05) is 34.6 Å². The topological polar surface area (TPSA) is 117 Å². The molecule has 164 valence electrons. The monoisotopic (exact) mass is 434 g/mol. The molecule has 0 unspecified atom stereocenters. The van der Waals surface area contributed by atoms with Crippen molar-refractivity contribution in [1.82, 2.24) is 30.3 Å². The fourth-order valence-corrected chi connectivity index (χ4v) is 2.88. The van der Waals surface area contributed by atoms with Crippen molar-refractivity contribution >= 4 is 11.3 Å². The van der Waals surface area contributed by atoms with Crippen LogP contribution < -0.4 is 0 Å². The van der Waals surface area contributed by atoms with E-state index in [1.54, 1.807) is 39.0 Å². The van der Waals surface area contributed by atoms with Crippen molar-refractivity contribution in [2.45, 2.75) is 69.2 Å². The average molecular weight is 435 g/mol. The molecular formula is C20H30N6O3S. The second-order valence-electron chi connectivity index (χ2n) is 6.45. The van der Waals surface area contributed by atoms with E-state index in [9.17, 15) is 0 Å². The summed E-state index contributed by atoms with van der Waals surface area (Å²) in [4.78, 5) is 13.4. The van der Waals surface area contributed by atoms with E-state index in [1.165, 1.54) is 15.6 Å². The molecule has 0 aliphatic heterocycles. The van der Waals surface area contributed by atoms with Crippen LogP contribution in [-0.2, 0) is 0 Å². The Labute approximate surface area is 181 Å². The molecule has 0 saturated heterocycles. The first-order chi connectivity index (χ1) is 14.0. The van der Waals surface area contributed by atoms with E-state index in [2.05, 4.69) is 41.8 Å². The summed E-state index contributed by atoms with van der Waals surface area (Å²) < 4.78 is 14.6. The molecule has 0 spiro atoms. The molecule has 4 aromatic heterocycles. The molecule has 4 aromatic rings. The summed E-state index contributed by atoms with van der Waals surface area (Å²) in [6.45, 7) is 18.9. The van der Waals surface area contributed by atoms with Crippen molar-refractivity contribution in [1.29, 1.82) is 0 Å². The van der Waals surface area contributed by atoms with Gasteiger partial charge in [0.05, 0.1) is 16.4 Å². The predicted octanol–water partition coefficient (Wildman–Crippen LogP) is 5.04. The minimum absolute atomic E-state index is 0.623. The number of hydrogen-bond acceptors (Lipinski definition) is 10. The standard InChI is InChI=1S/C6H9NO.C6H9NS.2C4H6N2O/c2*1-4-5(2)8-6(3)7-4;1-3-5-6-4(2)7-3;1-3-5-4(2)7-6-3/h2*1-3H3;2*1-2H3. The minimum Gasteiger partial charge on any atom is -0.446 e. The smallest absolute Gasteiger partial charge is 0.223 e. The first kappa shape index (κ1) is 25.2. The molecule has 0 aliphatic carbocycles. The zero-order valence-corrected chi connectivity index (χ0v) is 20.1. The molecule has 4 rings (SSSR count). The first-order valence-electron chi connectivity index (χ1n) is 9.32. The fourth-order valence-electron chi connectivity index (χ4n) is 2.06. The van der Waals surface area contributed by atoms with Gasteiger partial charge in [-0.1, -0.05) is 5.16 Å². The largest absolute Gasteiger partial charge is 0.446 e. The number of nitrogens with zero attached hydrogens (tertiary/aromatic N) is 6. The number of thiazole rings is 1. The summed E-state index contributed by atoms with van der Waals surface area (Å²) in [5, 5.41) is 11.9. The third-order valence-electron chi connectivity index (χ3n) is 3.53. The number of rotatable bonds is 0. The van der Waals surface area contributed by atoms with Gasteiger partial charge >= 0.3 is 0 Å². The van der Waals surface area contributed by atoms with Gasteiger partial charge in [-0.2, -0.15) is 4.98 Å². The van der Waals surface area contributed by atoms with E-state index in [-0.39, 0.29) is 0 Å². The van der Waals surface area contributed by atoms with E-state index in [0.717, 1.165) is 17.3 Å². The van der Waals surface area contributed by atoms with Gasteiger partial charge in [0.15, 0.2) is 11.7 Å². The second-order valence-corrected chi connectivity index (χ2v) is 7.86. The molecule has 0 N–H and O–H groups in total. The Morgan fingerprint density at radius 3 is 1.33 bits per heavy atom. The SMILES string of the molecule is Cc1nc(C)c(C)o1.Cc1nc(C)c(C)s1.Cc1nnc(C)o1.Cc1noc(C)n1. The quantitative estimate of drug-likeness (QED) is 0.375. The van der Waals surface area contributed by atoms with Crippen LogP contribution in [-0.4, -0.2) is 30.3 Å². The van der Waals surface area contributed by atoms with Crippen LogP contribution >= 0.6 is 11.3 Å². The predicted molar refractivity (Wildman–Crippen MR) is 115 cm³/mol. The maximum Gasteiger partial charge on any atom is 0.223 e. The fraction of sp³-hybridized carbons (Fsp3) is 0.500. The lowest BCUT2D eigenvalue weighted by Crippen LogP contribution is -1.71. The summed E-state index contributed by atoms with van der Waals surface area (Å²) in [5.41, 5.74) is 2.16. The molecule has 0 aromatic carbocycles. The Morgan fingerprint density at radius 2 is 1.20 bits per heavy atom. The van der Waals surface area contributed by atoms with E-state index in [0.29, 0.717) is 23.5 Å². The van der Waals surface area contributed by atoms with Gasteiger partial charge in [-0.05, 0) is 41.5 Å². The van der Waals surface area contributed by atoms with Crippen molar-refractivity contribution in [2.24, 2.45) is 0 Å². The number of hydrogen-bond donors (Lipinski definition) is 0. The van der Waals surface area contributed by atoms with Crippen LogP contribution in [0.4, 0.5) is 0 Å². The molecule has 0 fully saturated rings. The molecule has 30 heavy (non-hydrogen) atoms. The molecule has 0 amide bonds. The Balaban J connectivity index is 0.000000200. The summed E-state index contributed by atoms with van der Waals surface area (Å²) in [7, 11) is 0. The van der Waals surface area contributed by atoms with Gasteiger partial charge in [-0.3, -0.25) is 0 Å².